The van der Waals surface area contributed by atoms with Crippen LogP contribution in [0.25, 0.3) is 0 Å². The minimum absolute atomic E-state index is 0.218. The molecular weight excluding hydrogens is 322 g/mol. The van der Waals surface area contributed by atoms with E-state index in [1.165, 1.54) is 31.2 Å². The zero-order valence-corrected chi connectivity index (χ0v) is 12.1. The van der Waals surface area contributed by atoms with Crippen LogP contribution in [0.3, 0.4) is 0 Å². The van der Waals surface area contributed by atoms with Gasteiger partial charge in [-0.3, -0.25) is 4.79 Å². The molecule has 1 heterocycles. The quantitative estimate of drug-likeness (QED) is 0.465. The molecule has 1 aromatic carbocycles. The van der Waals surface area contributed by atoms with Crippen LogP contribution < -0.4 is 10.1 Å². The van der Waals surface area contributed by atoms with E-state index < -0.39 is 36.7 Å². The summed E-state index contributed by atoms with van der Waals surface area (Å²) in [4.78, 5) is 21.9. The number of hydrogen-bond acceptors (Lipinski definition) is 7. The third-order valence-electron chi connectivity index (χ3n) is 3.24. The van der Waals surface area contributed by atoms with E-state index in [0.29, 0.717) is 5.69 Å². The number of anilines is 1. The average Bonchev–Trinajstić information content (AvgIpc) is 2.48. The van der Waals surface area contributed by atoms with Gasteiger partial charge in [-0.25, -0.2) is 4.79 Å². The van der Waals surface area contributed by atoms with Gasteiger partial charge in [0.25, 0.3) is 0 Å². The number of carbonyl (C=O) groups excluding carboxylic acids is 1. The molecule has 1 aliphatic heterocycles. The van der Waals surface area contributed by atoms with Gasteiger partial charge < -0.3 is 35.2 Å². The monoisotopic (exact) mass is 339 g/mol. The lowest BCUT2D eigenvalue weighted by Gasteiger charge is -2.38. The number of rotatable bonds is 4. The molecular formula is C14H17NO8. The van der Waals surface area contributed by atoms with Gasteiger partial charge in [0, 0.05) is 12.6 Å². The summed E-state index contributed by atoms with van der Waals surface area (Å²) in [5, 5.41) is 40.6. The SMILES string of the molecule is CC(=O)N[14c]1[14cH][14cH][14c](OC2O[C@H](C(=O)O)[C@@H](O)[C@H](O)[C@H]2O)[14cH][14cH]1. The van der Waals surface area contributed by atoms with Crippen LogP contribution in [0.1, 0.15) is 6.92 Å². The van der Waals surface area contributed by atoms with Crippen molar-refractivity contribution in [1.82, 2.24) is 0 Å². The molecule has 126 valence electrons. The van der Waals surface area contributed by atoms with Crippen LogP contribution in [0, 0.1) is 0 Å². The molecule has 5 atom stereocenters. The third-order valence-corrected chi connectivity index (χ3v) is 3.24. The van der Waals surface area contributed by atoms with E-state index >= 15 is 0 Å². The van der Waals surface area contributed by atoms with Gasteiger partial charge in [0.05, 0.1) is 0 Å². The number of carboxylic acid groups (broad SMARTS) is 1. The number of ether oxygens (including phenoxy) is 2. The topological polar surface area (TPSA) is 146 Å². The van der Waals surface area contributed by atoms with Crippen LogP contribution >= 0.6 is 0 Å². The maximum Gasteiger partial charge on any atom is 0.335 e. The Kier molecular flexibility index (Phi) is 5.16. The number of hydrogen-bond donors (Lipinski definition) is 5. The lowest BCUT2D eigenvalue weighted by molar-refractivity contribution is -0.271. The Morgan fingerprint density at radius 2 is 1.70 bits per heavy atom. The number of aliphatic carboxylic acids is 1. The van der Waals surface area contributed by atoms with Crippen molar-refractivity contribution >= 4 is 17.6 Å². The van der Waals surface area contributed by atoms with Gasteiger partial charge in [0.15, 0.2) is 6.10 Å². The highest BCUT2D eigenvalue weighted by Gasteiger charge is 2.48. The maximum atomic E-state index is 11.0. The van der Waals surface area contributed by atoms with E-state index in [1.807, 2.05) is 0 Å². The van der Waals surface area contributed by atoms with Crippen molar-refractivity contribution in [2.75, 3.05) is 5.32 Å². The van der Waals surface area contributed by atoms with Crippen LogP contribution in [-0.4, -0.2) is 63.0 Å². The molecule has 0 aliphatic carbocycles. The molecule has 1 saturated heterocycles. The molecule has 9 heteroatoms. The van der Waals surface area contributed by atoms with Gasteiger partial charge in [-0.05, 0) is 24.3 Å². The number of carbonyl (C=O) groups is 2. The van der Waals surface area contributed by atoms with Gasteiger partial charge >= 0.3 is 5.97 Å². The molecule has 1 unspecified atom stereocenters. The molecule has 0 bridgehead atoms. The number of nitrogens with one attached hydrogen (secondary N) is 1. The highest BCUT2D eigenvalue weighted by atomic mass is 16.8. The molecule has 0 aromatic heterocycles. The summed E-state index contributed by atoms with van der Waals surface area (Å²) in [7, 11) is 0. The zero-order valence-electron chi connectivity index (χ0n) is 12.1. The number of carboxylic acids is 1. The minimum Gasteiger partial charge on any atom is -0.479 e. The van der Waals surface area contributed by atoms with Crippen molar-refractivity contribution in [3.63, 3.8) is 0 Å². The summed E-state index contributed by atoms with van der Waals surface area (Å²) in [5.41, 5.74) is 0.522. The molecule has 9 nitrogen and oxygen atoms in total. The number of aliphatic hydroxyl groups excluding tert-OH is 3. The predicted molar refractivity (Wildman–Crippen MR) is 75.7 cm³/mol. The predicted octanol–water partition coefficient (Wildman–Crippen LogP) is -1.08. The number of aliphatic hydroxyl groups is 3. The van der Waals surface area contributed by atoms with Gasteiger partial charge in [-0.1, -0.05) is 0 Å². The Morgan fingerprint density at radius 3 is 2.22 bits per heavy atom. The van der Waals surface area contributed by atoms with Gasteiger partial charge in [0.2, 0.25) is 12.2 Å². The van der Waals surface area contributed by atoms with Crippen LogP contribution in [0.4, 0.5) is 5.69 Å². The summed E-state index contributed by atoms with van der Waals surface area (Å²) < 4.78 is 10.3. The molecule has 2 rings (SSSR count). The fraction of sp³-hybridized carbons (Fsp3) is 0.429. The van der Waals surface area contributed by atoms with Crippen molar-refractivity contribution in [2.45, 2.75) is 37.6 Å². The second-order valence-electron chi connectivity index (χ2n) is 5.06. The molecule has 0 radical (unpaired) electrons. The summed E-state index contributed by atoms with van der Waals surface area (Å²) >= 11 is 0. The first-order valence-electron chi connectivity index (χ1n) is 6.76. The first-order valence-corrected chi connectivity index (χ1v) is 6.76. The normalized spacial score (nSPS) is 30.5. The summed E-state index contributed by atoms with van der Waals surface area (Å²) in [6.45, 7) is 1.36. The Balaban J connectivity index is 2.08. The highest BCUT2D eigenvalue weighted by molar-refractivity contribution is 5.88. The van der Waals surface area contributed by atoms with Gasteiger partial charge in [0.1, 0.15) is 24.1 Å². The summed E-state index contributed by atoms with van der Waals surface area (Å²) in [6.07, 6.45) is -8.33. The largest absolute Gasteiger partial charge is 0.479 e. The second-order valence-corrected chi connectivity index (χ2v) is 5.06. The standard InChI is InChI=1S/C14H17NO8/c1-6(16)15-7-2-4-8(5-3-7)22-14-11(19)9(17)10(18)12(23-14)13(20)21/h2-5,9-12,14,17-19H,1H3,(H,15,16)(H,20,21)/t9-,10-,11+,12-,14?/m0/s1/i2+2,3+2,4+2,5+2,7+2,8+2. The van der Waals surface area contributed by atoms with Crippen LogP contribution in [0.5, 0.6) is 5.75 Å². The lowest BCUT2D eigenvalue weighted by Crippen LogP contribution is -2.61. The molecule has 1 aromatic rings. The van der Waals surface area contributed by atoms with Crippen LogP contribution in [-0.2, 0) is 14.3 Å². The van der Waals surface area contributed by atoms with E-state index in [9.17, 15) is 24.9 Å². The lowest BCUT2D eigenvalue weighted by atomic mass is 9.99. The van der Waals surface area contributed by atoms with Crippen molar-refractivity contribution in [1.29, 1.82) is 0 Å². The van der Waals surface area contributed by atoms with E-state index in [0.717, 1.165) is 0 Å². The van der Waals surface area contributed by atoms with Crippen molar-refractivity contribution in [3.05, 3.63) is 24.3 Å². The average molecular weight is 339 g/mol. The Labute approximate surface area is 131 Å². The van der Waals surface area contributed by atoms with E-state index in [-0.39, 0.29) is 11.7 Å². The van der Waals surface area contributed by atoms with Crippen molar-refractivity contribution in [2.24, 2.45) is 0 Å². The van der Waals surface area contributed by atoms with E-state index in [1.54, 1.807) is 0 Å². The highest BCUT2D eigenvalue weighted by Crippen LogP contribution is 2.25. The maximum absolute atomic E-state index is 11.0. The molecule has 1 amide bonds. The molecule has 1 fully saturated rings. The fourth-order valence-electron chi connectivity index (χ4n) is 2.10. The molecule has 5 N–H and O–H groups in total. The molecule has 1 aliphatic rings. The van der Waals surface area contributed by atoms with Crippen molar-refractivity contribution < 1.29 is 39.5 Å². The molecule has 0 spiro atoms. The van der Waals surface area contributed by atoms with Crippen LogP contribution in [0.2, 0.25) is 0 Å². The third kappa shape index (κ3) is 3.96. The fourth-order valence-corrected chi connectivity index (χ4v) is 2.10. The Morgan fingerprint density at radius 1 is 1.09 bits per heavy atom. The Bertz CT molecular complexity index is 575. The van der Waals surface area contributed by atoms with Crippen molar-refractivity contribution in [3.8, 4) is 5.75 Å². The zero-order chi connectivity index (χ0) is 17.1. The van der Waals surface area contributed by atoms with Gasteiger partial charge in [-0.15, -0.1) is 0 Å². The summed E-state index contributed by atoms with van der Waals surface area (Å²) in [5.74, 6) is -1.51. The Hall–Kier alpha value is -2.20. The van der Waals surface area contributed by atoms with Gasteiger partial charge in [-0.2, -0.15) is 0 Å². The smallest absolute Gasteiger partial charge is 0.335 e. The summed E-state index contributed by atoms with van der Waals surface area (Å²) in [6, 6.07) is 6.00. The molecule has 0 saturated carbocycles. The van der Waals surface area contributed by atoms with Crippen LogP contribution in [0.15, 0.2) is 24.3 Å². The minimum atomic E-state index is -1.77. The first-order chi connectivity index (χ1) is 10.8. The first kappa shape index (κ1) is 17.2. The van der Waals surface area contributed by atoms with E-state index in [4.69, 9.17) is 14.6 Å². The number of benzene rings is 1. The van der Waals surface area contributed by atoms with E-state index in [2.05, 4.69) is 5.32 Å². The molecule has 23 heavy (non-hydrogen) atoms. The second kappa shape index (κ2) is 6.92. The number of amides is 1.